The molecule has 0 spiro atoms. The molecule has 1 amide bonds. The molecular weight excluding hydrogens is 284 g/mol. The Labute approximate surface area is 128 Å². The van der Waals surface area contributed by atoms with Crippen molar-refractivity contribution in [1.82, 2.24) is 0 Å². The van der Waals surface area contributed by atoms with Gasteiger partial charge in [-0.1, -0.05) is 35.9 Å². The van der Waals surface area contributed by atoms with Crippen LogP contribution >= 0.6 is 11.6 Å². The Balaban J connectivity index is 2.01. The van der Waals surface area contributed by atoms with Gasteiger partial charge in [-0.15, -0.1) is 0 Å². The Morgan fingerprint density at radius 1 is 1.19 bits per heavy atom. The summed E-state index contributed by atoms with van der Waals surface area (Å²) in [5.41, 5.74) is 3.37. The van der Waals surface area contributed by atoms with Crippen LogP contribution in [0.1, 0.15) is 12.5 Å². The highest BCUT2D eigenvalue weighted by molar-refractivity contribution is 6.34. The van der Waals surface area contributed by atoms with Crippen molar-refractivity contribution in [3.63, 3.8) is 0 Å². The van der Waals surface area contributed by atoms with Crippen molar-refractivity contribution in [3.05, 3.63) is 65.3 Å². The average molecular weight is 299 g/mol. The monoisotopic (exact) mass is 298 g/mol. The standard InChI is InChI=1S/C17H15ClN2O/c1-2-20(13-6-4-3-5-7-13)11-15-14-9-8-12(18)10-16(14)19-17(15)21/h3-11H,2H2,1H3,(H,19,21)/b15-11+. The molecule has 0 bridgehead atoms. The first kappa shape index (κ1) is 13.7. The highest BCUT2D eigenvalue weighted by Crippen LogP contribution is 2.34. The van der Waals surface area contributed by atoms with E-state index in [2.05, 4.69) is 17.1 Å². The minimum atomic E-state index is -0.0957. The molecule has 0 saturated carbocycles. The molecule has 4 heteroatoms. The van der Waals surface area contributed by atoms with E-state index >= 15 is 0 Å². The Hall–Kier alpha value is -2.26. The molecule has 1 heterocycles. The molecule has 3 nitrogen and oxygen atoms in total. The first-order valence-corrected chi connectivity index (χ1v) is 7.21. The van der Waals surface area contributed by atoms with E-state index in [9.17, 15) is 4.79 Å². The SMILES string of the molecule is CCN(/C=C1/C(=O)Nc2cc(Cl)ccc21)c1ccccc1. The van der Waals surface area contributed by atoms with Crippen LogP contribution in [0.5, 0.6) is 0 Å². The van der Waals surface area contributed by atoms with Gasteiger partial charge in [-0.3, -0.25) is 4.79 Å². The van der Waals surface area contributed by atoms with Crippen LogP contribution in [0.2, 0.25) is 5.02 Å². The number of hydrogen-bond donors (Lipinski definition) is 1. The number of hydrogen-bond acceptors (Lipinski definition) is 2. The molecule has 21 heavy (non-hydrogen) atoms. The molecule has 0 radical (unpaired) electrons. The maximum atomic E-state index is 12.2. The normalized spacial score (nSPS) is 15.0. The lowest BCUT2D eigenvalue weighted by Gasteiger charge is -2.19. The molecule has 1 aliphatic heterocycles. The van der Waals surface area contributed by atoms with Gasteiger partial charge >= 0.3 is 0 Å². The molecule has 2 aromatic rings. The van der Waals surface area contributed by atoms with E-state index in [1.54, 1.807) is 12.1 Å². The lowest BCUT2D eigenvalue weighted by molar-refractivity contribution is -0.110. The summed E-state index contributed by atoms with van der Waals surface area (Å²) in [6, 6.07) is 15.4. The van der Waals surface area contributed by atoms with Gasteiger partial charge in [0.2, 0.25) is 0 Å². The first-order valence-electron chi connectivity index (χ1n) is 6.84. The maximum absolute atomic E-state index is 12.2. The molecule has 106 valence electrons. The Morgan fingerprint density at radius 3 is 2.67 bits per heavy atom. The van der Waals surface area contributed by atoms with Gasteiger partial charge in [0.25, 0.3) is 5.91 Å². The Morgan fingerprint density at radius 2 is 1.95 bits per heavy atom. The molecule has 0 aromatic heterocycles. The van der Waals surface area contributed by atoms with Gasteiger partial charge in [0.1, 0.15) is 0 Å². The number of amides is 1. The predicted octanol–water partition coefficient (Wildman–Crippen LogP) is 4.16. The number of nitrogens with zero attached hydrogens (tertiary/aromatic N) is 1. The number of carbonyl (C=O) groups is 1. The summed E-state index contributed by atoms with van der Waals surface area (Å²) in [6.07, 6.45) is 1.89. The molecule has 3 rings (SSSR count). The van der Waals surface area contributed by atoms with Gasteiger partial charge in [-0.2, -0.15) is 0 Å². The van der Waals surface area contributed by atoms with E-state index in [1.807, 2.05) is 42.6 Å². The fourth-order valence-electron chi connectivity index (χ4n) is 2.42. The molecule has 0 atom stereocenters. The first-order chi connectivity index (χ1) is 10.2. The van der Waals surface area contributed by atoms with E-state index in [0.29, 0.717) is 10.6 Å². The summed E-state index contributed by atoms with van der Waals surface area (Å²) in [5.74, 6) is -0.0957. The van der Waals surface area contributed by atoms with Crippen molar-refractivity contribution in [1.29, 1.82) is 0 Å². The summed E-state index contributed by atoms with van der Waals surface area (Å²) in [4.78, 5) is 14.2. The number of para-hydroxylation sites is 1. The van der Waals surface area contributed by atoms with Crippen LogP contribution < -0.4 is 10.2 Å². The van der Waals surface area contributed by atoms with Crippen LogP contribution in [0.25, 0.3) is 5.57 Å². The van der Waals surface area contributed by atoms with Crippen molar-refractivity contribution in [2.45, 2.75) is 6.92 Å². The van der Waals surface area contributed by atoms with Crippen LogP contribution in [0.4, 0.5) is 11.4 Å². The topological polar surface area (TPSA) is 32.3 Å². The minimum Gasteiger partial charge on any atom is -0.347 e. The smallest absolute Gasteiger partial charge is 0.257 e. The van der Waals surface area contributed by atoms with Crippen molar-refractivity contribution in [2.24, 2.45) is 0 Å². The van der Waals surface area contributed by atoms with Gasteiger partial charge < -0.3 is 10.2 Å². The third kappa shape index (κ3) is 2.65. The highest BCUT2D eigenvalue weighted by Gasteiger charge is 2.25. The van der Waals surface area contributed by atoms with E-state index in [4.69, 9.17) is 11.6 Å². The molecule has 1 aliphatic rings. The summed E-state index contributed by atoms with van der Waals surface area (Å²) in [6.45, 7) is 2.84. The molecule has 2 aromatic carbocycles. The molecule has 0 fully saturated rings. The highest BCUT2D eigenvalue weighted by atomic mass is 35.5. The summed E-state index contributed by atoms with van der Waals surface area (Å²) in [5, 5.41) is 3.47. The van der Waals surface area contributed by atoms with Crippen molar-refractivity contribution in [2.75, 3.05) is 16.8 Å². The number of fused-ring (bicyclic) bond motifs is 1. The van der Waals surface area contributed by atoms with Crippen LogP contribution in [0.15, 0.2) is 54.7 Å². The summed E-state index contributed by atoms with van der Waals surface area (Å²) in [7, 11) is 0. The quantitative estimate of drug-likeness (QED) is 0.863. The van der Waals surface area contributed by atoms with E-state index in [-0.39, 0.29) is 5.91 Å². The van der Waals surface area contributed by atoms with Crippen molar-refractivity contribution in [3.8, 4) is 0 Å². The lowest BCUT2D eigenvalue weighted by atomic mass is 10.1. The van der Waals surface area contributed by atoms with Gasteiger partial charge in [0.15, 0.2) is 0 Å². The van der Waals surface area contributed by atoms with Gasteiger partial charge in [-0.25, -0.2) is 0 Å². The number of rotatable bonds is 3. The second-order valence-electron chi connectivity index (χ2n) is 4.81. The predicted molar refractivity (Wildman–Crippen MR) is 87.5 cm³/mol. The Bertz CT molecular complexity index is 710. The summed E-state index contributed by atoms with van der Waals surface area (Å²) >= 11 is 5.97. The number of anilines is 2. The number of carbonyl (C=O) groups excluding carboxylic acids is 1. The molecule has 0 saturated heterocycles. The Kier molecular flexibility index (Phi) is 3.67. The zero-order chi connectivity index (χ0) is 14.8. The van der Waals surface area contributed by atoms with E-state index in [1.165, 1.54) is 0 Å². The van der Waals surface area contributed by atoms with E-state index < -0.39 is 0 Å². The molecule has 0 unspecified atom stereocenters. The summed E-state index contributed by atoms with van der Waals surface area (Å²) < 4.78 is 0. The van der Waals surface area contributed by atoms with Gasteiger partial charge in [0.05, 0.1) is 11.3 Å². The third-order valence-electron chi connectivity index (χ3n) is 3.48. The minimum absolute atomic E-state index is 0.0957. The third-order valence-corrected chi connectivity index (χ3v) is 3.71. The lowest BCUT2D eigenvalue weighted by Crippen LogP contribution is -2.17. The van der Waals surface area contributed by atoms with Gasteiger partial charge in [-0.05, 0) is 31.2 Å². The fourth-order valence-corrected chi connectivity index (χ4v) is 2.59. The maximum Gasteiger partial charge on any atom is 0.257 e. The van der Waals surface area contributed by atoms with Crippen LogP contribution in [-0.2, 0) is 4.79 Å². The van der Waals surface area contributed by atoms with Crippen molar-refractivity contribution >= 4 is 34.5 Å². The van der Waals surface area contributed by atoms with E-state index in [0.717, 1.165) is 23.5 Å². The average Bonchev–Trinajstić information content (AvgIpc) is 2.80. The second kappa shape index (κ2) is 5.62. The van der Waals surface area contributed by atoms with Crippen LogP contribution in [0.3, 0.4) is 0 Å². The molecule has 0 aliphatic carbocycles. The zero-order valence-electron chi connectivity index (χ0n) is 11.6. The fraction of sp³-hybridized carbons (Fsp3) is 0.118. The molecular formula is C17H15ClN2O. The second-order valence-corrected chi connectivity index (χ2v) is 5.24. The number of benzene rings is 2. The van der Waals surface area contributed by atoms with Gasteiger partial charge in [0, 0.05) is 29.0 Å². The largest absolute Gasteiger partial charge is 0.347 e. The van der Waals surface area contributed by atoms with Crippen molar-refractivity contribution < 1.29 is 4.79 Å². The number of halogens is 1. The number of nitrogens with one attached hydrogen (secondary N) is 1. The molecule has 1 N–H and O–H groups in total. The van der Waals surface area contributed by atoms with Crippen LogP contribution in [0, 0.1) is 0 Å². The zero-order valence-corrected chi connectivity index (χ0v) is 12.4. The van der Waals surface area contributed by atoms with Crippen LogP contribution in [-0.4, -0.2) is 12.5 Å².